The molecule has 0 spiro atoms. The number of hydrogen-bond donors (Lipinski definition) is 3. The summed E-state index contributed by atoms with van der Waals surface area (Å²) in [5.74, 6) is -0.846. The van der Waals surface area contributed by atoms with Crippen molar-refractivity contribution < 1.29 is 24.3 Å². The summed E-state index contributed by atoms with van der Waals surface area (Å²) in [6, 6.07) is 7.39. The molecular weight excluding hydrogens is 606 g/mol. The Bertz CT molecular complexity index is 1270. The second kappa shape index (κ2) is 17.4. The lowest BCUT2D eigenvalue weighted by atomic mass is 9.84. The van der Waals surface area contributed by atoms with Crippen LogP contribution in [0.15, 0.2) is 42.0 Å². The summed E-state index contributed by atoms with van der Waals surface area (Å²) in [5, 5.41) is 16.1. The molecule has 1 aromatic rings. The lowest BCUT2D eigenvalue weighted by Crippen LogP contribution is -2.60. The Hall–Kier alpha value is -3.24. The maximum Gasteiger partial charge on any atom is 0.249 e. The van der Waals surface area contributed by atoms with E-state index in [1.807, 2.05) is 71.0 Å². The van der Waals surface area contributed by atoms with Crippen LogP contribution in [0.4, 0.5) is 0 Å². The van der Waals surface area contributed by atoms with Crippen molar-refractivity contribution in [2.75, 3.05) is 26.7 Å². The third kappa shape index (κ3) is 10.1. The van der Waals surface area contributed by atoms with Gasteiger partial charge in [-0.1, -0.05) is 77.4 Å². The Labute approximate surface area is 288 Å². The van der Waals surface area contributed by atoms with Gasteiger partial charge in [-0.05, 0) is 76.3 Å². The molecule has 2 fully saturated rings. The molecule has 0 saturated carbocycles. The maximum absolute atomic E-state index is 14.2. The number of carbonyl (C=O) groups excluding carboxylic acids is 4. The Morgan fingerprint density at radius 3 is 2.15 bits per heavy atom. The number of piperidine rings is 1. The molecule has 0 bridgehead atoms. The first-order valence-corrected chi connectivity index (χ1v) is 17.8. The summed E-state index contributed by atoms with van der Waals surface area (Å²) in [6.07, 6.45) is 6.38. The van der Waals surface area contributed by atoms with Crippen LogP contribution in [-0.4, -0.2) is 106 Å². The van der Waals surface area contributed by atoms with Gasteiger partial charge in [-0.15, -0.1) is 0 Å². The van der Waals surface area contributed by atoms with Crippen LogP contribution in [0.1, 0.15) is 93.1 Å². The molecule has 2 aliphatic heterocycles. The molecule has 4 amide bonds. The Balaban J connectivity index is 1.75. The largest absolute Gasteiger partial charge is 0.394 e. The maximum atomic E-state index is 14.2. The fourth-order valence-corrected chi connectivity index (χ4v) is 7.04. The zero-order valence-electron chi connectivity index (χ0n) is 30.8. The highest BCUT2D eigenvalue weighted by Crippen LogP contribution is 2.27. The van der Waals surface area contributed by atoms with Crippen LogP contribution in [-0.2, 0) is 25.6 Å². The van der Waals surface area contributed by atoms with Gasteiger partial charge in [0.15, 0.2) is 0 Å². The smallest absolute Gasteiger partial charge is 0.249 e. The van der Waals surface area contributed by atoms with Crippen molar-refractivity contribution in [3.05, 3.63) is 47.5 Å². The number of rotatable bonds is 13. The van der Waals surface area contributed by atoms with E-state index in [0.717, 1.165) is 31.4 Å². The minimum atomic E-state index is -0.751. The molecule has 0 radical (unpaired) electrons. The van der Waals surface area contributed by atoms with Gasteiger partial charge in [-0.2, -0.15) is 0 Å². The number of carbonyl (C=O) groups is 4. The lowest BCUT2D eigenvalue weighted by molar-refractivity contribution is -0.142. The minimum absolute atomic E-state index is 0.0197. The van der Waals surface area contributed by atoms with Crippen LogP contribution < -0.4 is 10.6 Å². The molecule has 4 unspecified atom stereocenters. The molecule has 3 rings (SSSR count). The first kappa shape index (κ1) is 39.2. The van der Waals surface area contributed by atoms with E-state index in [1.165, 1.54) is 0 Å². The SMILES string of the molecule is C/C(=C\C(C(C)C)N(C)C(=O)C(NC(=O)[C@H]1CCCCN1C(C)C)C(C)(C)C)C(=O)N1CCCC1C(=O)NC(CO)Cc1ccccc1. The second-order valence-electron chi connectivity index (χ2n) is 15.4. The normalized spacial score (nSPS) is 21.2. The average Bonchev–Trinajstić information content (AvgIpc) is 3.54. The molecule has 3 N–H and O–H groups in total. The van der Waals surface area contributed by atoms with E-state index in [2.05, 4.69) is 29.4 Å². The predicted octanol–water partition coefficient (Wildman–Crippen LogP) is 3.92. The van der Waals surface area contributed by atoms with Crippen LogP contribution in [0.25, 0.3) is 0 Å². The third-order valence-corrected chi connectivity index (χ3v) is 9.85. The van der Waals surface area contributed by atoms with Crippen molar-refractivity contribution in [2.24, 2.45) is 11.3 Å². The highest BCUT2D eigenvalue weighted by atomic mass is 16.3. The molecule has 5 atom stereocenters. The average molecular weight is 668 g/mol. The van der Waals surface area contributed by atoms with Crippen molar-refractivity contribution in [3.63, 3.8) is 0 Å². The summed E-state index contributed by atoms with van der Waals surface area (Å²) >= 11 is 0. The Morgan fingerprint density at radius 1 is 0.938 bits per heavy atom. The topological polar surface area (TPSA) is 122 Å². The van der Waals surface area contributed by atoms with Gasteiger partial charge in [0.2, 0.25) is 23.6 Å². The van der Waals surface area contributed by atoms with Gasteiger partial charge in [-0.3, -0.25) is 24.1 Å². The Kier molecular flexibility index (Phi) is 14.2. The molecule has 10 heteroatoms. The van der Waals surface area contributed by atoms with Gasteiger partial charge < -0.3 is 25.5 Å². The van der Waals surface area contributed by atoms with E-state index < -0.39 is 29.6 Å². The molecular formula is C38H61N5O5. The van der Waals surface area contributed by atoms with E-state index in [-0.39, 0.29) is 48.2 Å². The van der Waals surface area contributed by atoms with Crippen molar-refractivity contribution in [2.45, 2.75) is 130 Å². The van der Waals surface area contributed by atoms with E-state index >= 15 is 0 Å². The summed E-state index contributed by atoms with van der Waals surface area (Å²) in [6.45, 7) is 16.9. The van der Waals surface area contributed by atoms with Gasteiger partial charge in [-0.25, -0.2) is 0 Å². The molecule has 0 aromatic heterocycles. The van der Waals surface area contributed by atoms with Gasteiger partial charge >= 0.3 is 0 Å². The molecule has 2 aliphatic rings. The van der Waals surface area contributed by atoms with Crippen LogP contribution in [0.5, 0.6) is 0 Å². The van der Waals surface area contributed by atoms with E-state index in [0.29, 0.717) is 31.4 Å². The quantitative estimate of drug-likeness (QED) is 0.274. The van der Waals surface area contributed by atoms with Gasteiger partial charge in [0.05, 0.1) is 24.7 Å². The van der Waals surface area contributed by atoms with Crippen molar-refractivity contribution in [1.82, 2.24) is 25.3 Å². The number of amides is 4. The summed E-state index contributed by atoms with van der Waals surface area (Å²) in [5.41, 5.74) is 0.924. The number of hydrogen-bond acceptors (Lipinski definition) is 6. The summed E-state index contributed by atoms with van der Waals surface area (Å²) in [7, 11) is 1.74. The van der Waals surface area contributed by atoms with Gasteiger partial charge in [0.1, 0.15) is 12.1 Å². The van der Waals surface area contributed by atoms with Crippen LogP contribution >= 0.6 is 0 Å². The van der Waals surface area contributed by atoms with Gasteiger partial charge in [0, 0.05) is 25.2 Å². The van der Waals surface area contributed by atoms with Crippen LogP contribution in [0.3, 0.4) is 0 Å². The van der Waals surface area contributed by atoms with Crippen molar-refractivity contribution in [1.29, 1.82) is 0 Å². The number of nitrogens with one attached hydrogen (secondary N) is 2. The fraction of sp³-hybridized carbons (Fsp3) is 0.684. The number of likely N-dealkylation sites (tertiary alicyclic amines) is 2. The van der Waals surface area contributed by atoms with E-state index in [9.17, 15) is 24.3 Å². The fourth-order valence-electron chi connectivity index (χ4n) is 7.04. The predicted molar refractivity (Wildman–Crippen MR) is 190 cm³/mol. The second-order valence-corrected chi connectivity index (χ2v) is 15.4. The standard InChI is InChI=1S/C38H61N5O5/c1-25(2)32(41(9)37(48)33(38(6,7)8)40-35(46)30-18-13-14-20-42(30)26(3)4)22-27(5)36(47)43-21-15-19-31(43)34(45)39-29(24-44)23-28-16-11-10-12-17-28/h10-12,16-17,22,25-26,29-33,44H,13-15,18-21,23-24H2,1-9H3,(H,39,45)(H,40,46)/b27-22+/t29?,30-,31?,32?,33?/m1/s1. The first-order chi connectivity index (χ1) is 22.6. The number of nitrogens with zero attached hydrogens (tertiary/aromatic N) is 3. The van der Waals surface area contributed by atoms with Gasteiger partial charge in [0.25, 0.3) is 0 Å². The highest BCUT2D eigenvalue weighted by molar-refractivity contribution is 5.97. The molecule has 0 aliphatic carbocycles. The monoisotopic (exact) mass is 667 g/mol. The molecule has 1 aromatic carbocycles. The minimum Gasteiger partial charge on any atom is -0.394 e. The summed E-state index contributed by atoms with van der Waals surface area (Å²) in [4.78, 5) is 60.5. The molecule has 2 saturated heterocycles. The Morgan fingerprint density at radius 2 is 1.56 bits per heavy atom. The van der Waals surface area contributed by atoms with Crippen molar-refractivity contribution in [3.8, 4) is 0 Å². The zero-order chi connectivity index (χ0) is 35.8. The number of likely N-dealkylation sites (N-methyl/N-ethyl adjacent to an activating group) is 1. The number of aliphatic hydroxyl groups excluding tert-OH is 1. The first-order valence-electron chi connectivity index (χ1n) is 17.8. The lowest BCUT2D eigenvalue weighted by Gasteiger charge is -2.41. The molecule has 268 valence electrons. The highest BCUT2D eigenvalue weighted by Gasteiger charge is 2.40. The van der Waals surface area contributed by atoms with Crippen molar-refractivity contribution >= 4 is 23.6 Å². The molecule has 48 heavy (non-hydrogen) atoms. The number of aliphatic hydroxyl groups is 1. The summed E-state index contributed by atoms with van der Waals surface area (Å²) < 4.78 is 0. The molecule has 10 nitrogen and oxygen atoms in total. The van der Waals surface area contributed by atoms with Crippen LogP contribution in [0.2, 0.25) is 0 Å². The molecule has 2 heterocycles. The zero-order valence-corrected chi connectivity index (χ0v) is 30.8. The van der Waals surface area contributed by atoms with E-state index in [1.54, 1.807) is 23.8 Å². The van der Waals surface area contributed by atoms with Crippen LogP contribution in [0, 0.1) is 11.3 Å². The van der Waals surface area contributed by atoms with E-state index in [4.69, 9.17) is 0 Å². The number of benzene rings is 1. The third-order valence-electron chi connectivity index (χ3n) is 9.85.